The molecule has 0 heterocycles. The summed E-state index contributed by atoms with van der Waals surface area (Å²) in [6.45, 7) is 2.02. The Hall–Kier alpha value is -0.930. The Morgan fingerprint density at radius 1 is 1.25 bits per heavy atom. The number of halogens is 1. The third-order valence-corrected chi connectivity index (χ3v) is 3.08. The van der Waals surface area contributed by atoms with Crippen molar-refractivity contribution in [1.29, 1.82) is 0 Å². The van der Waals surface area contributed by atoms with Crippen LogP contribution in [0.2, 0.25) is 0 Å². The summed E-state index contributed by atoms with van der Waals surface area (Å²) in [6.07, 6.45) is 5.16. The molecule has 0 bridgehead atoms. The molecule has 0 saturated heterocycles. The zero-order valence-corrected chi connectivity index (χ0v) is 9.58. The summed E-state index contributed by atoms with van der Waals surface area (Å²) in [5, 5.41) is 0. The second-order valence-corrected chi connectivity index (χ2v) is 4.42. The van der Waals surface area contributed by atoms with Crippen LogP contribution in [0, 0.1) is 5.82 Å². The standard InChI is InChI=1S/C13H18FNO/c1-10(11-6-8-12(14)9-7-11)15-16-13-4-2-3-5-13/h6-10,13,15H,2-5H2,1H3. The highest BCUT2D eigenvalue weighted by Crippen LogP contribution is 2.21. The lowest BCUT2D eigenvalue weighted by Gasteiger charge is -2.17. The summed E-state index contributed by atoms with van der Waals surface area (Å²) in [6, 6.07) is 6.61. The lowest BCUT2D eigenvalue weighted by atomic mass is 10.1. The van der Waals surface area contributed by atoms with Gasteiger partial charge in [-0.05, 0) is 37.5 Å². The molecule has 2 nitrogen and oxygen atoms in total. The lowest BCUT2D eigenvalue weighted by molar-refractivity contribution is -0.0376. The highest BCUT2D eigenvalue weighted by molar-refractivity contribution is 5.18. The minimum Gasteiger partial charge on any atom is -0.298 e. The molecule has 16 heavy (non-hydrogen) atoms. The highest BCUT2D eigenvalue weighted by atomic mass is 19.1. The number of rotatable bonds is 4. The number of nitrogens with one attached hydrogen (secondary N) is 1. The Morgan fingerprint density at radius 3 is 2.50 bits per heavy atom. The van der Waals surface area contributed by atoms with Crippen LogP contribution in [0.1, 0.15) is 44.2 Å². The van der Waals surface area contributed by atoms with Gasteiger partial charge in [-0.25, -0.2) is 4.39 Å². The Kier molecular flexibility index (Phi) is 3.91. The predicted octanol–water partition coefficient (Wildman–Crippen LogP) is 3.35. The molecule has 0 aliphatic heterocycles. The van der Waals surface area contributed by atoms with Gasteiger partial charge in [-0.1, -0.05) is 25.0 Å². The predicted molar refractivity (Wildman–Crippen MR) is 61.3 cm³/mol. The van der Waals surface area contributed by atoms with E-state index in [2.05, 4.69) is 5.48 Å². The van der Waals surface area contributed by atoms with E-state index in [1.54, 1.807) is 12.1 Å². The molecular formula is C13H18FNO. The second-order valence-electron chi connectivity index (χ2n) is 4.42. The van der Waals surface area contributed by atoms with Crippen LogP contribution in [-0.2, 0) is 4.84 Å². The molecule has 2 rings (SSSR count). The van der Waals surface area contributed by atoms with Crippen molar-refractivity contribution in [2.24, 2.45) is 0 Å². The van der Waals surface area contributed by atoms with Gasteiger partial charge >= 0.3 is 0 Å². The summed E-state index contributed by atoms with van der Waals surface area (Å²) in [5.74, 6) is -0.201. The number of hydroxylamine groups is 1. The van der Waals surface area contributed by atoms with Crippen molar-refractivity contribution in [3.63, 3.8) is 0 Å². The molecule has 1 aromatic rings. The zero-order valence-electron chi connectivity index (χ0n) is 9.58. The third kappa shape index (κ3) is 3.03. The van der Waals surface area contributed by atoms with E-state index < -0.39 is 0 Å². The molecule has 1 unspecified atom stereocenters. The first-order valence-electron chi connectivity index (χ1n) is 5.92. The number of hydrogen-bond acceptors (Lipinski definition) is 2. The van der Waals surface area contributed by atoms with Crippen LogP contribution >= 0.6 is 0 Å². The van der Waals surface area contributed by atoms with Gasteiger partial charge in [0.15, 0.2) is 0 Å². The minimum absolute atomic E-state index is 0.0983. The molecule has 1 aromatic carbocycles. The fourth-order valence-corrected chi connectivity index (χ4v) is 2.02. The Balaban J connectivity index is 1.82. The zero-order chi connectivity index (χ0) is 11.4. The first-order valence-corrected chi connectivity index (χ1v) is 5.92. The molecule has 1 fully saturated rings. The largest absolute Gasteiger partial charge is 0.298 e. The van der Waals surface area contributed by atoms with E-state index >= 15 is 0 Å². The van der Waals surface area contributed by atoms with E-state index in [4.69, 9.17) is 4.84 Å². The maximum absolute atomic E-state index is 12.7. The molecule has 3 heteroatoms. The van der Waals surface area contributed by atoms with Crippen LogP contribution in [0.15, 0.2) is 24.3 Å². The van der Waals surface area contributed by atoms with Gasteiger partial charge in [0.05, 0.1) is 12.1 Å². The van der Waals surface area contributed by atoms with Gasteiger partial charge in [0, 0.05) is 0 Å². The van der Waals surface area contributed by atoms with Crippen molar-refractivity contribution in [1.82, 2.24) is 5.48 Å². The van der Waals surface area contributed by atoms with Crippen LogP contribution in [0.3, 0.4) is 0 Å². The molecule has 0 spiro atoms. The second kappa shape index (κ2) is 5.41. The van der Waals surface area contributed by atoms with Gasteiger partial charge in [-0.2, -0.15) is 5.48 Å². The quantitative estimate of drug-likeness (QED) is 0.790. The Labute approximate surface area is 95.8 Å². The van der Waals surface area contributed by atoms with E-state index in [0.717, 1.165) is 18.4 Å². The molecule has 1 atom stereocenters. The molecule has 88 valence electrons. The normalized spacial score (nSPS) is 18.9. The molecule has 1 aliphatic carbocycles. The van der Waals surface area contributed by atoms with Gasteiger partial charge in [-0.15, -0.1) is 0 Å². The SMILES string of the molecule is CC(NOC1CCCC1)c1ccc(F)cc1. The highest BCUT2D eigenvalue weighted by Gasteiger charge is 2.16. The van der Waals surface area contributed by atoms with E-state index in [1.165, 1.54) is 25.0 Å². The average Bonchev–Trinajstić information content (AvgIpc) is 2.80. The molecule has 0 amide bonds. The monoisotopic (exact) mass is 223 g/mol. The lowest BCUT2D eigenvalue weighted by Crippen LogP contribution is -2.24. The topological polar surface area (TPSA) is 21.3 Å². The Morgan fingerprint density at radius 2 is 1.88 bits per heavy atom. The van der Waals surface area contributed by atoms with Crippen molar-refractivity contribution >= 4 is 0 Å². The van der Waals surface area contributed by atoms with E-state index in [1.807, 2.05) is 6.92 Å². The molecule has 1 N–H and O–H groups in total. The van der Waals surface area contributed by atoms with Crippen LogP contribution in [-0.4, -0.2) is 6.10 Å². The number of benzene rings is 1. The van der Waals surface area contributed by atoms with Crippen LogP contribution in [0.5, 0.6) is 0 Å². The smallest absolute Gasteiger partial charge is 0.123 e. The first-order chi connectivity index (χ1) is 7.75. The molecular weight excluding hydrogens is 205 g/mol. The van der Waals surface area contributed by atoms with Crippen LogP contribution in [0.25, 0.3) is 0 Å². The number of hydrogen-bond donors (Lipinski definition) is 1. The first kappa shape index (κ1) is 11.6. The van der Waals surface area contributed by atoms with Crippen molar-refractivity contribution in [2.45, 2.75) is 44.8 Å². The average molecular weight is 223 g/mol. The fourth-order valence-electron chi connectivity index (χ4n) is 2.02. The Bertz CT molecular complexity index is 319. The van der Waals surface area contributed by atoms with Gasteiger partial charge in [0.25, 0.3) is 0 Å². The van der Waals surface area contributed by atoms with Gasteiger partial charge < -0.3 is 0 Å². The summed E-state index contributed by atoms with van der Waals surface area (Å²) in [4.78, 5) is 5.61. The van der Waals surface area contributed by atoms with Crippen molar-refractivity contribution in [3.8, 4) is 0 Å². The maximum Gasteiger partial charge on any atom is 0.123 e. The maximum atomic E-state index is 12.7. The minimum atomic E-state index is -0.201. The molecule has 1 aliphatic rings. The summed E-state index contributed by atoms with van der Waals surface area (Å²) >= 11 is 0. The van der Waals surface area contributed by atoms with Crippen LogP contribution in [0.4, 0.5) is 4.39 Å². The van der Waals surface area contributed by atoms with Gasteiger partial charge in [0.2, 0.25) is 0 Å². The van der Waals surface area contributed by atoms with Crippen molar-refractivity contribution in [3.05, 3.63) is 35.6 Å². The molecule has 0 radical (unpaired) electrons. The fraction of sp³-hybridized carbons (Fsp3) is 0.538. The summed E-state index contributed by atoms with van der Waals surface area (Å²) < 4.78 is 12.7. The van der Waals surface area contributed by atoms with Crippen LogP contribution < -0.4 is 5.48 Å². The van der Waals surface area contributed by atoms with Gasteiger partial charge in [0.1, 0.15) is 5.82 Å². The molecule has 0 aromatic heterocycles. The molecule has 1 saturated carbocycles. The van der Waals surface area contributed by atoms with E-state index in [-0.39, 0.29) is 11.9 Å². The summed E-state index contributed by atoms with van der Waals surface area (Å²) in [7, 11) is 0. The summed E-state index contributed by atoms with van der Waals surface area (Å²) in [5.41, 5.74) is 4.08. The van der Waals surface area contributed by atoms with Crippen molar-refractivity contribution < 1.29 is 9.23 Å². The van der Waals surface area contributed by atoms with E-state index in [0.29, 0.717) is 6.10 Å². The van der Waals surface area contributed by atoms with Gasteiger partial charge in [-0.3, -0.25) is 4.84 Å². The van der Waals surface area contributed by atoms with Crippen molar-refractivity contribution in [2.75, 3.05) is 0 Å². The van der Waals surface area contributed by atoms with E-state index in [9.17, 15) is 4.39 Å². The third-order valence-electron chi connectivity index (χ3n) is 3.08.